The highest BCUT2D eigenvalue weighted by atomic mass is 35.5. The lowest BCUT2D eigenvalue weighted by Crippen LogP contribution is -2.08. The van der Waals surface area contributed by atoms with Crippen LogP contribution in [0.3, 0.4) is 0 Å². The van der Waals surface area contributed by atoms with E-state index in [0.717, 1.165) is 17.0 Å². The van der Waals surface area contributed by atoms with Crippen molar-refractivity contribution in [3.8, 4) is 17.2 Å². The highest BCUT2D eigenvalue weighted by Crippen LogP contribution is 2.42. The summed E-state index contributed by atoms with van der Waals surface area (Å²) in [4.78, 5) is 23.0. The fraction of sp³-hybridized carbons (Fsp3) is 0.0625. The van der Waals surface area contributed by atoms with Crippen LogP contribution in [0.1, 0.15) is 10.4 Å². The van der Waals surface area contributed by atoms with E-state index in [-0.39, 0.29) is 5.56 Å². The highest BCUT2D eigenvalue weighted by molar-refractivity contribution is 7.17. The van der Waals surface area contributed by atoms with E-state index >= 15 is 0 Å². The summed E-state index contributed by atoms with van der Waals surface area (Å²) >= 11 is 13.3. The third-order valence-corrected chi connectivity index (χ3v) is 4.58. The smallest absolute Gasteiger partial charge is 0.328 e. The van der Waals surface area contributed by atoms with Crippen LogP contribution in [0.4, 0.5) is 5.00 Å². The van der Waals surface area contributed by atoms with Gasteiger partial charge >= 0.3 is 5.97 Å². The molecular formula is C16H10Cl2N2O3S. The molecule has 5 nitrogen and oxygen atoms in total. The Morgan fingerprint density at radius 2 is 2.04 bits per heavy atom. The summed E-state index contributed by atoms with van der Waals surface area (Å²) in [5, 5.41) is 21.7. The molecule has 0 unspecified atom stereocenters. The second-order valence-corrected chi connectivity index (χ2v) is 6.70. The van der Waals surface area contributed by atoms with Crippen molar-refractivity contribution in [1.29, 1.82) is 5.26 Å². The van der Waals surface area contributed by atoms with Crippen molar-refractivity contribution < 1.29 is 14.7 Å². The van der Waals surface area contributed by atoms with Crippen molar-refractivity contribution in [3.05, 3.63) is 50.8 Å². The normalized spacial score (nSPS) is 10.6. The number of carboxylic acids is 1. The molecule has 1 aromatic heterocycles. The van der Waals surface area contributed by atoms with E-state index in [9.17, 15) is 14.9 Å². The van der Waals surface area contributed by atoms with Gasteiger partial charge in [-0.15, -0.1) is 11.3 Å². The molecule has 0 aliphatic carbocycles. The van der Waals surface area contributed by atoms with Gasteiger partial charge in [0.25, 0.3) is 0 Å². The Kier molecular flexibility index (Phi) is 5.62. The molecule has 1 aromatic carbocycles. The number of aliphatic carboxylic acids is 1. The topological polar surface area (TPSA) is 90.2 Å². The van der Waals surface area contributed by atoms with Crippen LogP contribution >= 0.6 is 34.5 Å². The number of carbonyl (C=O) groups excluding carboxylic acids is 1. The first-order chi connectivity index (χ1) is 11.3. The van der Waals surface area contributed by atoms with Gasteiger partial charge < -0.3 is 10.4 Å². The summed E-state index contributed by atoms with van der Waals surface area (Å²) in [6.07, 6.45) is 1.60. The maximum atomic E-state index is 11.7. The van der Waals surface area contributed by atoms with Gasteiger partial charge in [0.05, 0.1) is 5.56 Å². The molecule has 0 bridgehead atoms. The Morgan fingerprint density at radius 1 is 1.33 bits per heavy atom. The molecule has 0 spiro atoms. The van der Waals surface area contributed by atoms with Crippen molar-refractivity contribution in [2.75, 3.05) is 5.32 Å². The average Bonchev–Trinajstić information content (AvgIpc) is 2.80. The third kappa shape index (κ3) is 3.95. The molecule has 0 atom stereocenters. The van der Waals surface area contributed by atoms with Gasteiger partial charge in [-0.2, -0.15) is 5.26 Å². The van der Waals surface area contributed by atoms with E-state index in [0.29, 0.717) is 26.2 Å². The van der Waals surface area contributed by atoms with Gasteiger partial charge in [0.1, 0.15) is 11.1 Å². The molecule has 0 aliphatic heterocycles. The number of halogens is 2. The van der Waals surface area contributed by atoms with E-state index in [4.69, 9.17) is 28.3 Å². The number of rotatable bonds is 4. The highest BCUT2D eigenvalue weighted by Gasteiger charge is 2.20. The van der Waals surface area contributed by atoms with Crippen molar-refractivity contribution >= 4 is 51.4 Å². The van der Waals surface area contributed by atoms with Crippen LogP contribution in [0, 0.1) is 18.3 Å². The lowest BCUT2D eigenvalue weighted by Gasteiger charge is -2.05. The lowest BCUT2D eigenvalue weighted by atomic mass is 10.0. The Labute approximate surface area is 151 Å². The third-order valence-electron chi connectivity index (χ3n) is 3.01. The molecule has 0 radical (unpaired) electrons. The van der Waals surface area contributed by atoms with Crippen molar-refractivity contribution in [3.63, 3.8) is 0 Å². The first-order valence-corrected chi connectivity index (χ1v) is 8.11. The average molecular weight is 381 g/mol. The van der Waals surface area contributed by atoms with Crippen LogP contribution in [-0.4, -0.2) is 17.0 Å². The zero-order valence-corrected chi connectivity index (χ0v) is 14.6. The molecule has 0 fully saturated rings. The van der Waals surface area contributed by atoms with Gasteiger partial charge in [0.2, 0.25) is 5.91 Å². The molecule has 0 saturated carbocycles. The van der Waals surface area contributed by atoms with Gasteiger partial charge in [-0.25, -0.2) is 4.79 Å². The number of nitrogens with one attached hydrogen (secondary N) is 1. The van der Waals surface area contributed by atoms with E-state index in [1.54, 1.807) is 25.1 Å². The van der Waals surface area contributed by atoms with Crippen LogP contribution in [0.25, 0.3) is 11.1 Å². The van der Waals surface area contributed by atoms with Gasteiger partial charge in [-0.1, -0.05) is 29.3 Å². The van der Waals surface area contributed by atoms with Gasteiger partial charge in [-0.05, 0) is 19.1 Å². The largest absolute Gasteiger partial charge is 0.478 e. The molecule has 0 aliphatic rings. The molecular weight excluding hydrogens is 371 g/mol. The second kappa shape index (κ2) is 7.49. The SMILES string of the molecule is Cc1sc(NC(=O)C=CC(=O)O)c(C#N)c1-c1ccc(Cl)cc1Cl. The number of carbonyl (C=O) groups is 2. The number of thiophene rings is 1. The van der Waals surface area contributed by atoms with Crippen LogP contribution in [0.5, 0.6) is 0 Å². The number of anilines is 1. The van der Waals surface area contributed by atoms with Crippen LogP contribution in [-0.2, 0) is 9.59 Å². The van der Waals surface area contributed by atoms with Gasteiger partial charge in [0, 0.05) is 38.2 Å². The van der Waals surface area contributed by atoms with Crippen molar-refractivity contribution in [2.45, 2.75) is 6.92 Å². The molecule has 1 amide bonds. The van der Waals surface area contributed by atoms with E-state index < -0.39 is 11.9 Å². The molecule has 2 N–H and O–H groups in total. The van der Waals surface area contributed by atoms with Gasteiger partial charge in [-0.3, -0.25) is 4.79 Å². The molecule has 2 aromatic rings. The summed E-state index contributed by atoms with van der Waals surface area (Å²) in [7, 11) is 0. The molecule has 0 saturated heterocycles. The minimum Gasteiger partial charge on any atom is -0.478 e. The number of nitriles is 1. The fourth-order valence-electron chi connectivity index (χ4n) is 2.06. The monoisotopic (exact) mass is 380 g/mol. The van der Waals surface area contributed by atoms with Gasteiger partial charge in [0.15, 0.2) is 0 Å². The zero-order chi connectivity index (χ0) is 17.9. The summed E-state index contributed by atoms with van der Waals surface area (Å²) < 4.78 is 0. The van der Waals surface area contributed by atoms with E-state index in [1.165, 1.54) is 11.3 Å². The Bertz CT molecular complexity index is 897. The number of carboxylic acid groups (broad SMARTS) is 1. The van der Waals surface area contributed by atoms with Crippen molar-refractivity contribution in [1.82, 2.24) is 0 Å². The Morgan fingerprint density at radius 3 is 2.62 bits per heavy atom. The van der Waals surface area contributed by atoms with Crippen LogP contribution < -0.4 is 5.32 Å². The molecule has 24 heavy (non-hydrogen) atoms. The Hall–Kier alpha value is -2.33. The Balaban J connectivity index is 2.46. The number of aryl methyl sites for hydroxylation is 1. The first-order valence-electron chi connectivity index (χ1n) is 6.54. The number of benzene rings is 1. The fourth-order valence-corrected chi connectivity index (χ4v) is 3.58. The molecule has 1 heterocycles. The minimum atomic E-state index is -1.23. The van der Waals surface area contributed by atoms with Crippen LogP contribution in [0.15, 0.2) is 30.4 Å². The molecule has 2 rings (SSSR count). The first kappa shape index (κ1) is 18.0. The second-order valence-electron chi connectivity index (χ2n) is 4.63. The zero-order valence-electron chi connectivity index (χ0n) is 12.3. The number of hydrogen-bond donors (Lipinski definition) is 2. The number of amides is 1. The molecule has 122 valence electrons. The maximum absolute atomic E-state index is 11.7. The summed E-state index contributed by atoms with van der Waals surface area (Å²) in [5.74, 6) is -1.87. The predicted octanol–water partition coefficient (Wildman–Crippen LogP) is 4.48. The van der Waals surface area contributed by atoms with Crippen molar-refractivity contribution in [2.24, 2.45) is 0 Å². The maximum Gasteiger partial charge on any atom is 0.328 e. The molecule has 8 heteroatoms. The lowest BCUT2D eigenvalue weighted by molar-refractivity contribution is -0.131. The quantitative estimate of drug-likeness (QED) is 0.764. The number of nitrogens with zero attached hydrogens (tertiary/aromatic N) is 1. The summed E-state index contributed by atoms with van der Waals surface area (Å²) in [5.41, 5.74) is 1.51. The summed E-state index contributed by atoms with van der Waals surface area (Å²) in [6.45, 7) is 1.80. The predicted molar refractivity (Wildman–Crippen MR) is 94.6 cm³/mol. The summed E-state index contributed by atoms with van der Waals surface area (Å²) in [6, 6.07) is 7.00. The standard InChI is InChI=1S/C16H10Cl2N2O3S/c1-8-15(10-3-2-9(17)6-12(10)18)11(7-19)16(24-8)20-13(21)4-5-14(22)23/h2-6H,1H3,(H,20,21)(H,22,23). The number of hydrogen-bond acceptors (Lipinski definition) is 4. The van der Waals surface area contributed by atoms with E-state index in [1.807, 2.05) is 0 Å². The minimum absolute atomic E-state index is 0.263. The van der Waals surface area contributed by atoms with Crippen LogP contribution in [0.2, 0.25) is 10.0 Å². The van der Waals surface area contributed by atoms with E-state index in [2.05, 4.69) is 11.4 Å².